The molecule has 1 aliphatic carbocycles. The van der Waals surface area contributed by atoms with Crippen molar-refractivity contribution in [2.24, 2.45) is 7.05 Å². The second kappa shape index (κ2) is 10.9. The minimum absolute atomic E-state index is 0.0430. The Bertz CT molecular complexity index is 1790. The number of benzene rings is 2. The molecule has 1 aliphatic heterocycles. The molecule has 2 atom stereocenters. The lowest BCUT2D eigenvalue weighted by Gasteiger charge is -2.31. The highest BCUT2D eigenvalue weighted by Crippen LogP contribution is 2.46. The fraction of sp³-hybridized carbons (Fsp3) is 0.323. The fourth-order valence-corrected chi connectivity index (χ4v) is 5.65. The first-order chi connectivity index (χ1) is 20.7. The zero-order valence-electron chi connectivity index (χ0n) is 23.9. The molecule has 0 radical (unpaired) electrons. The number of fused-ring (bicyclic) bond motifs is 2. The highest BCUT2D eigenvalue weighted by atomic mass is 19.4. The average Bonchev–Trinajstić information content (AvgIpc) is 3.46. The normalized spacial score (nSPS) is 18.3. The summed E-state index contributed by atoms with van der Waals surface area (Å²) in [6.45, 7) is 0.987. The summed E-state index contributed by atoms with van der Waals surface area (Å²) in [4.78, 5) is 53.2. The molecule has 2 aliphatic rings. The molecule has 2 aromatic carbocycles. The van der Waals surface area contributed by atoms with E-state index in [-0.39, 0.29) is 17.5 Å². The topological polar surface area (TPSA) is 113 Å². The lowest BCUT2D eigenvalue weighted by molar-refractivity contribution is -0.187. The van der Waals surface area contributed by atoms with E-state index in [0.717, 1.165) is 19.1 Å². The van der Waals surface area contributed by atoms with E-state index in [1.54, 1.807) is 32.2 Å². The van der Waals surface area contributed by atoms with Gasteiger partial charge in [-0.1, -0.05) is 30.3 Å². The van der Waals surface area contributed by atoms with Crippen LogP contribution in [0.25, 0.3) is 11.1 Å². The number of pyridine rings is 1. The van der Waals surface area contributed by atoms with Gasteiger partial charge in [-0.15, -0.1) is 0 Å². The lowest BCUT2D eigenvalue weighted by atomic mass is 9.92. The summed E-state index contributed by atoms with van der Waals surface area (Å²) in [5.41, 5.74) is 0.912. The SMILES string of the molecule is Cc1c(-c2ccc3c(c2)CC[C@@]32OC(=O)N(CC(=O)N(Cc3ccc(F)cc3)[C@@H](C)C(F)(F)F)C2=O)cc(C#N)c(=O)n1C. The number of ether oxygens (including phenoxy) is 1. The van der Waals surface area contributed by atoms with Crippen molar-refractivity contribution in [3.63, 3.8) is 0 Å². The molecular formula is C31H26F4N4O5. The van der Waals surface area contributed by atoms with E-state index in [1.165, 1.54) is 22.8 Å². The summed E-state index contributed by atoms with van der Waals surface area (Å²) in [6.07, 6.45) is -5.61. The maximum atomic E-state index is 13.7. The Hall–Kier alpha value is -4.99. The first kappa shape index (κ1) is 30.5. The molecule has 0 saturated carbocycles. The molecule has 5 rings (SSSR count). The van der Waals surface area contributed by atoms with Crippen molar-refractivity contribution in [2.75, 3.05) is 6.54 Å². The van der Waals surface area contributed by atoms with Gasteiger partial charge in [0, 0.05) is 36.8 Å². The number of amides is 3. The van der Waals surface area contributed by atoms with Crippen LogP contribution in [0.2, 0.25) is 0 Å². The average molecular weight is 611 g/mol. The number of imide groups is 1. The van der Waals surface area contributed by atoms with E-state index in [9.17, 15) is 42.0 Å². The zero-order valence-corrected chi connectivity index (χ0v) is 23.9. The first-order valence-electron chi connectivity index (χ1n) is 13.6. The number of hydrogen-bond acceptors (Lipinski definition) is 6. The van der Waals surface area contributed by atoms with E-state index in [1.807, 2.05) is 6.07 Å². The van der Waals surface area contributed by atoms with Gasteiger partial charge in [0.05, 0.1) is 0 Å². The number of nitrogens with zero attached hydrogens (tertiary/aromatic N) is 4. The molecule has 0 bridgehead atoms. The molecule has 9 nitrogen and oxygen atoms in total. The van der Waals surface area contributed by atoms with E-state index in [0.29, 0.717) is 44.2 Å². The van der Waals surface area contributed by atoms with Crippen molar-refractivity contribution in [3.05, 3.63) is 92.6 Å². The van der Waals surface area contributed by atoms with Crippen LogP contribution < -0.4 is 5.56 Å². The third kappa shape index (κ3) is 5.10. The Balaban J connectivity index is 1.42. The summed E-state index contributed by atoms with van der Waals surface area (Å²) in [5, 5.41) is 9.38. The van der Waals surface area contributed by atoms with Gasteiger partial charge >= 0.3 is 12.3 Å². The fourth-order valence-electron chi connectivity index (χ4n) is 5.65. The molecule has 1 spiro atoms. The Morgan fingerprint density at radius 1 is 1.14 bits per heavy atom. The van der Waals surface area contributed by atoms with Gasteiger partial charge in [0.1, 0.15) is 30.0 Å². The number of nitriles is 1. The van der Waals surface area contributed by atoms with E-state index in [2.05, 4.69) is 0 Å². The summed E-state index contributed by atoms with van der Waals surface area (Å²) in [5.74, 6) is -2.62. The highest BCUT2D eigenvalue weighted by Gasteiger charge is 2.58. The summed E-state index contributed by atoms with van der Waals surface area (Å²) < 4.78 is 61.4. The number of carbonyl (C=O) groups excluding carboxylic acids is 3. The number of rotatable bonds is 6. The molecule has 228 valence electrons. The van der Waals surface area contributed by atoms with Gasteiger partial charge in [-0.25, -0.2) is 14.1 Å². The molecule has 3 amide bonds. The van der Waals surface area contributed by atoms with Gasteiger partial charge in [-0.3, -0.25) is 14.4 Å². The molecule has 2 heterocycles. The van der Waals surface area contributed by atoms with Crippen molar-refractivity contribution in [1.29, 1.82) is 5.26 Å². The Labute approximate surface area is 248 Å². The zero-order chi connectivity index (χ0) is 32.1. The molecule has 1 saturated heterocycles. The van der Waals surface area contributed by atoms with Crippen molar-refractivity contribution in [2.45, 2.75) is 51.1 Å². The molecule has 1 fully saturated rings. The molecule has 0 unspecified atom stereocenters. The van der Waals surface area contributed by atoms with E-state index < -0.39 is 60.2 Å². The predicted octanol–water partition coefficient (Wildman–Crippen LogP) is 4.47. The van der Waals surface area contributed by atoms with Crippen LogP contribution in [0.15, 0.2) is 53.3 Å². The van der Waals surface area contributed by atoms with Crippen molar-refractivity contribution >= 4 is 17.9 Å². The Kier molecular flexibility index (Phi) is 7.57. The molecule has 1 aromatic heterocycles. The minimum Gasteiger partial charge on any atom is -0.427 e. The molecule has 44 heavy (non-hydrogen) atoms. The third-order valence-corrected chi connectivity index (χ3v) is 8.33. The van der Waals surface area contributed by atoms with Gasteiger partial charge in [0.2, 0.25) is 11.5 Å². The standard InChI is InChI=1S/C31H26F4N4O5/c1-17-24(13-22(14-36)27(41)37(17)3)20-6-9-25-21(12-20)10-11-30(25)28(42)39(29(43)44-30)16-26(40)38(18(2)31(33,34)35)15-19-4-7-23(32)8-5-19/h4-9,12-13,18H,10-11,15-16H2,1-3H3/t18-,30+/m0/s1. The van der Waals surface area contributed by atoms with Gasteiger partial charge < -0.3 is 14.2 Å². The van der Waals surface area contributed by atoms with Crippen LogP contribution in [0, 0.1) is 24.1 Å². The van der Waals surface area contributed by atoms with Gasteiger partial charge in [-0.2, -0.15) is 18.4 Å². The number of aryl methyl sites for hydroxylation is 1. The van der Waals surface area contributed by atoms with Crippen molar-refractivity contribution < 1.29 is 36.7 Å². The van der Waals surface area contributed by atoms with Crippen LogP contribution in [-0.4, -0.2) is 51.0 Å². The second-order valence-electron chi connectivity index (χ2n) is 10.9. The van der Waals surface area contributed by atoms with Gasteiger partial charge in [0.25, 0.3) is 11.5 Å². The van der Waals surface area contributed by atoms with Gasteiger partial charge in [-0.05, 0) is 55.2 Å². The van der Waals surface area contributed by atoms with Crippen LogP contribution in [0.5, 0.6) is 0 Å². The number of alkyl halides is 3. The molecule has 0 N–H and O–H groups in total. The Morgan fingerprint density at radius 3 is 2.45 bits per heavy atom. The highest BCUT2D eigenvalue weighted by molar-refractivity contribution is 6.06. The second-order valence-corrected chi connectivity index (χ2v) is 10.9. The number of aromatic nitrogens is 1. The quantitative estimate of drug-likeness (QED) is 0.381. The summed E-state index contributed by atoms with van der Waals surface area (Å²) in [7, 11) is 1.55. The molecule has 3 aromatic rings. The number of carbonyl (C=O) groups is 3. The summed E-state index contributed by atoms with van der Waals surface area (Å²) in [6, 6.07) is 10.7. The first-order valence-corrected chi connectivity index (χ1v) is 13.6. The minimum atomic E-state index is -4.81. The maximum absolute atomic E-state index is 13.7. The third-order valence-electron chi connectivity index (χ3n) is 8.33. The molecular weight excluding hydrogens is 584 g/mol. The van der Waals surface area contributed by atoms with Crippen LogP contribution in [-0.2, 0) is 39.9 Å². The van der Waals surface area contributed by atoms with Crippen LogP contribution in [0.4, 0.5) is 22.4 Å². The largest absolute Gasteiger partial charge is 0.427 e. The van der Waals surface area contributed by atoms with Crippen molar-refractivity contribution in [3.8, 4) is 17.2 Å². The van der Waals surface area contributed by atoms with E-state index in [4.69, 9.17) is 4.74 Å². The number of halogens is 4. The van der Waals surface area contributed by atoms with Gasteiger partial charge in [0.15, 0.2) is 0 Å². The smallest absolute Gasteiger partial charge is 0.418 e. The summed E-state index contributed by atoms with van der Waals surface area (Å²) >= 11 is 0. The van der Waals surface area contributed by atoms with Crippen LogP contribution in [0.1, 0.15) is 41.3 Å². The molecule has 13 heteroatoms. The van der Waals surface area contributed by atoms with Crippen molar-refractivity contribution in [1.82, 2.24) is 14.4 Å². The Morgan fingerprint density at radius 2 is 1.82 bits per heavy atom. The van der Waals surface area contributed by atoms with Crippen LogP contribution in [0.3, 0.4) is 0 Å². The van der Waals surface area contributed by atoms with E-state index >= 15 is 0 Å². The maximum Gasteiger partial charge on any atom is 0.418 e. The monoisotopic (exact) mass is 610 g/mol. The predicted molar refractivity (Wildman–Crippen MR) is 147 cm³/mol. The lowest BCUT2D eigenvalue weighted by Crippen LogP contribution is -2.51. The number of hydrogen-bond donors (Lipinski definition) is 0. The van der Waals surface area contributed by atoms with Crippen LogP contribution >= 0.6 is 0 Å².